The van der Waals surface area contributed by atoms with E-state index in [0.29, 0.717) is 11.1 Å². The van der Waals surface area contributed by atoms with Crippen LogP contribution in [0.15, 0.2) is 96.6 Å². The molecule has 56 heavy (non-hydrogen) atoms. The van der Waals surface area contributed by atoms with Crippen molar-refractivity contribution in [1.29, 1.82) is 0 Å². The molecular formula is C40H31ClFN5O9. The van der Waals surface area contributed by atoms with Crippen LogP contribution in [0, 0.1) is 49.7 Å². The highest BCUT2D eigenvalue weighted by atomic mass is 35.5. The number of imide groups is 2. The number of phenols is 1. The molecule has 16 heteroatoms. The summed E-state index contributed by atoms with van der Waals surface area (Å²) in [5.41, 5.74) is -2.39. The van der Waals surface area contributed by atoms with Crippen LogP contribution in [0.4, 0.5) is 32.8 Å². The van der Waals surface area contributed by atoms with Crippen molar-refractivity contribution >= 4 is 63.7 Å². The van der Waals surface area contributed by atoms with Crippen molar-refractivity contribution in [2.45, 2.75) is 24.2 Å². The molecule has 2 aliphatic heterocycles. The summed E-state index contributed by atoms with van der Waals surface area (Å²) in [6.45, 7) is 0. The van der Waals surface area contributed by atoms with Crippen LogP contribution in [-0.2, 0) is 24.6 Å². The molecule has 14 nitrogen and oxygen atoms in total. The van der Waals surface area contributed by atoms with Crippen LogP contribution in [0.1, 0.15) is 29.9 Å². The summed E-state index contributed by atoms with van der Waals surface area (Å²) < 4.78 is 15.4. The molecule has 6 atom stereocenters. The normalized spacial score (nSPS) is 25.4. The number of benzene rings is 4. The van der Waals surface area contributed by atoms with Crippen LogP contribution < -0.4 is 14.7 Å². The Bertz CT molecular complexity index is 2420. The molecule has 2 heterocycles. The average molecular weight is 780 g/mol. The van der Waals surface area contributed by atoms with Crippen molar-refractivity contribution in [3.8, 4) is 5.75 Å². The van der Waals surface area contributed by atoms with E-state index < -0.39 is 91.4 Å². The third-order valence-electron chi connectivity index (χ3n) is 11.6. The van der Waals surface area contributed by atoms with E-state index in [2.05, 4.69) is 0 Å². The van der Waals surface area contributed by atoms with E-state index in [0.717, 1.165) is 34.1 Å². The molecule has 1 saturated carbocycles. The van der Waals surface area contributed by atoms with Gasteiger partial charge in [0.25, 0.3) is 0 Å². The Morgan fingerprint density at radius 2 is 1.50 bits per heavy atom. The molecule has 0 bridgehead atoms. The quantitative estimate of drug-likeness (QED) is 0.0949. The number of nitro groups is 2. The second-order valence-corrected chi connectivity index (χ2v) is 15.0. The number of rotatable bonds is 7. The predicted octanol–water partition coefficient (Wildman–Crippen LogP) is 6.43. The van der Waals surface area contributed by atoms with Gasteiger partial charge in [-0.25, -0.2) is 14.2 Å². The number of aromatic hydroxyl groups is 1. The summed E-state index contributed by atoms with van der Waals surface area (Å²) in [6.07, 6.45) is 1.59. The summed E-state index contributed by atoms with van der Waals surface area (Å²) in [5.74, 6) is -9.71. The van der Waals surface area contributed by atoms with Gasteiger partial charge >= 0.3 is 11.4 Å². The van der Waals surface area contributed by atoms with Crippen LogP contribution in [0.5, 0.6) is 5.75 Å². The molecule has 0 radical (unpaired) electrons. The Hall–Kier alpha value is -6.48. The second kappa shape index (κ2) is 13.1. The number of hydrogen-bond acceptors (Lipinski definition) is 10. The number of amides is 4. The lowest BCUT2D eigenvalue weighted by atomic mass is 9.49. The van der Waals surface area contributed by atoms with Crippen LogP contribution in [0.2, 0.25) is 5.02 Å². The Labute approximate surface area is 322 Å². The number of nitrogens with zero attached hydrogens (tertiary/aromatic N) is 5. The van der Waals surface area contributed by atoms with Crippen LogP contribution in [0.25, 0.3) is 0 Å². The SMILES string of the molecule is CN(C)c1c([N+](=O)[O-])cc(N2C(=O)[C@H]3[C@H](CC=C4[C@H]3C[C@H]3C(=O)N(c5cccc(Cl)c5)C(=O)[C@@]3(c3ccccc3)[C@H]4c3ccc(O)c(F)c3)C2=O)cc1[N+](=O)[O-]. The van der Waals surface area contributed by atoms with Crippen molar-refractivity contribution in [2.24, 2.45) is 23.7 Å². The van der Waals surface area contributed by atoms with Crippen molar-refractivity contribution in [3.63, 3.8) is 0 Å². The predicted molar refractivity (Wildman–Crippen MR) is 201 cm³/mol. The van der Waals surface area contributed by atoms with Crippen LogP contribution in [-0.4, -0.2) is 52.7 Å². The number of carbonyl (C=O) groups excluding carboxylic acids is 4. The molecule has 0 spiro atoms. The number of carbonyl (C=O) groups is 4. The van der Waals surface area contributed by atoms with Gasteiger partial charge in [0.1, 0.15) is 0 Å². The molecule has 8 rings (SSSR count). The van der Waals surface area contributed by atoms with Gasteiger partial charge in [-0.05, 0) is 60.2 Å². The zero-order valence-electron chi connectivity index (χ0n) is 29.7. The number of halogens is 2. The van der Waals surface area contributed by atoms with E-state index in [-0.39, 0.29) is 40.5 Å². The highest BCUT2D eigenvalue weighted by molar-refractivity contribution is 6.32. The zero-order valence-corrected chi connectivity index (χ0v) is 30.4. The first kappa shape index (κ1) is 36.5. The molecule has 4 aromatic carbocycles. The van der Waals surface area contributed by atoms with E-state index in [9.17, 15) is 39.7 Å². The molecule has 0 aromatic heterocycles. The number of nitro benzene ring substituents is 2. The van der Waals surface area contributed by atoms with Crippen molar-refractivity contribution in [3.05, 3.63) is 139 Å². The Balaban J connectivity index is 1.33. The monoisotopic (exact) mass is 779 g/mol. The van der Waals surface area contributed by atoms with Gasteiger partial charge in [-0.1, -0.05) is 65.7 Å². The fraction of sp³-hybridized carbons (Fsp3) is 0.250. The first-order chi connectivity index (χ1) is 26.7. The topological polar surface area (TPSA) is 185 Å². The number of hydrogen-bond donors (Lipinski definition) is 1. The van der Waals surface area contributed by atoms with E-state index in [1.165, 1.54) is 31.1 Å². The van der Waals surface area contributed by atoms with Gasteiger partial charge in [0, 0.05) is 37.2 Å². The molecule has 0 unspecified atom stereocenters. The molecule has 284 valence electrons. The van der Waals surface area contributed by atoms with Gasteiger partial charge in [-0.3, -0.25) is 39.4 Å². The Morgan fingerprint density at radius 3 is 2.11 bits per heavy atom. The second-order valence-electron chi connectivity index (χ2n) is 14.6. The van der Waals surface area contributed by atoms with Crippen molar-refractivity contribution in [2.75, 3.05) is 28.8 Å². The molecule has 3 fully saturated rings. The largest absolute Gasteiger partial charge is 0.505 e. The van der Waals surface area contributed by atoms with Crippen molar-refractivity contribution in [1.82, 2.24) is 0 Å². The van der Waals surface area contributed by atoms with Gasteiger partial charge in [0.15, 0.2) is 17.3 Å². The third-order valence-corrected chi connectivity index (χ3v) is 11.9. The summed E-state index contributed by atoms with van der Waals surface area (Å²) >= 11 is 6.34. The number of allylic oxidation sites excluding steroid dienone is 2. The highest BCUT2D eigenvalue weighted by Gasteiger charge is 2.70. The molecule has 2 saturated heterocycles. The summed E-state index contributed by atoms with van der Waals surface area (Å²) in [5, 5.41) is 34.9. The molecular weight excluding hydrogens is 749 g/mol. The van der Waals surface area contributed by atoms with E-state index >= 15 is 9.18 Å². The summed E-state index contributed by atoms with van der Waals surface area (Å²) in [4.78, 5) is 84.8. The van der Waals surface area contributed by atoms with Gasteiger partial charge in [0.2, 0.25) is 23.6 Å². The van der Waals surface area contributed by atoms with E-state index in [1.807, 2.05) is 0 Å². The van der Waals surface area contributed by atoms with Gasteiger partial charge in [0.05, 0.1) is 44.4 Å². The average Bonchev–Trinajstić information content (AvgIpc) is 3.56. The summed E-state index contributed by atoms with van der Waals surface area (Å²) in [7, 11) is 2.78. The zero-order chi connectivity index (χ0) is 40.0. The standard InChI is InChI=1S/C40H31ClFN5O9/c1-43(2)35-30(46(53)54)17-24(18-31(35)47(55)56)44-36(49)26-13-12-25-27(33(26)38(44)51)19-28-37(50)45(23-10-6-9-22(41)16-23)39(52)40(28,21-7-4-3-5-8-21)34(25)20-11-14-32(48)29(42)15-20/h3-12,14-18,26-28,33-34,48H,13,19H2,1-2H3/t26-,27+,28-,33-,34-,40+/m0/s1. The lowest BCUT2D eigenvalue weighted by molar-refractivity contribution is -0.392. The Kier molecular flexibility index (Phi) is 8.52. The molecule has 2 aliphatic carbocycles. The molecule has 4 aromatic rings. The highest BCUT2D eigenvalue weighted by Crippen LogP contribution is 2.65. The summed E-state index contributed by atoms with van der Waals surface area (Å²) in [6, 6.07) is 20.4. The number of phenolic OH excluding ortho intramolecular Hbond substituents is 1. The maximum atomic E-state index is 15.4. The van der Waals surface area contributed by atoms with Crippen LogP contribution in [0.3, 0.4) is 0 Å². The minimum atomic E-state index is -1.70. The van der Waals surface area contributed by atoms with Gasteiger partial charge in [-0.15, -0.1) is 0 Å². The molecule has 4 aliphatic rings. The lowest BCUT2D eigenvalue weighted by Crippen LogP contribution is -2.53. The third kappa shape index (κ3) is 5.13. The Morgan fingerprint density at radius 1 is 0.821 bits per heavy atom. The van der Waals surface area contributed by atoms with E-state index in [1.54, 1.807) is 54.6 Å². The minimum absolute atomic E-state index is 0.0374. The van der Waals surface area contributed by atoms with E-state index in [4.69, 9.17) is 11.6 Å². The first-order valence-electron chi connectivity index (χ1n) is 17.6. The number of anilines is 3. The van der Waals surface area contributed by atoms with Crippen LogP contribution >= 0.6 is 11.6 Å². The molecule has 4 amide bonds. The minimum Gasteiger partial charge on any atom is -0.505 e. The molecule has 1 N–H and O–H groups in total. The van der Waals surface area contributed by atoms with Gasteiger partial charge in [-0.2, -0.15) is 0 Å². The van der Waals surface area contributed by atoms with Gasteiger partial charge < -0.3 is 10.0 Å². The maximum Gasteiger partial charge on any atom is 0.301 e. The fourth-order valence-corrected chi connectivity index (χ4v) is 9.72. The lowest BCUT2D eigenvalue weighted by Gasteiger charge is -2.50. The van der Waals surface area contributed by atoms with Crippen molar-refractivity contribution < 1.29 is 38.5 Å². The fourth-order valence-electron chi connectivity index (χ4n) is 9.53. The maximum absolute atomic E-state index is 15.4. The first-order valence-corrected chi connectivity index (χ1v) is 18.0. The number of fused-ring (bicyclic) bond motifs is 4. The smallest absolute Gasteiger partial charge is 0.301 e.